The van der Waals surface area contributed by atoms with Crippen molar-refractivity contribution in [3.63, 3.8) is 0 Å². The van der Waals surface area contributed by atoms with E-state index in [9.17, 15) is 10.1 Å². The van der Waals surface area contributed by atoms with Gasteiger partial charge in [0.25, 0.3) is 5.69 Å². The lowest BCUT2D eigenvalue weighted by atomic mass is 9.89. The molecule has 1 saturated heterocycles. The molecule has 0 spiro atoms. The summed E-state index contributed by atoms with van der Waals surface area (Å²) in [4.78, 5) is 10.8. The zero-order valence-corrected chi connectivity index (χ0v) is 13.6. The van der Waals surface area contributed by atoms with Gasteiger partial charge < -0.3 is 10.1 Å². The largest absolute Gasteiger partial charge is 0.378 e. The molecular formula is C17H23N3O3. The van der Waals surface area contributed by atoms with Crippen LogP contribution in [0, 0.1) is 27.4 Å². The summed E-state index contributed by atoms with van der Waals surface area (Å²) in [6.45, 7) is 5.00. The van der Waals surface area contributed by atoms with Crippen molar-refractivity contribution in [2.75, 3.05) is 11.9 Å². The molecule has 1 heterocycles. The van der Waals surface area contributed by atoms with Crippen molar-refractivity contribution in [3.05, 3.63) is 33.9 Å². The van der Waals surface area contributed by atoms with E-state index in [1.54, 1.807) is 12.1 Å². The van der Waals surface area contributed by atoms with Gasteiger partial charge in [-0.05, 0) is 30.9 Å². The van der Waals surface area contributed by atoms with Crippen LogP contribution in [-0.2, 0) is 4.74 Å². The molecule has 2 unspecified atom stereocenters. The maximum atomic E-state index is 11.2. The minimum Gasteiger partial charge on any atom is -0.378 e. The summed E-state index contributed by atoms with van der Waals surface area (Å²) in [5.41, 5.74) is 0.725. The molecule has 1 aliphatic rings. The smallest absolute Gasteiger partial charge is 0.293 e. The lowest BCUT2D eigenvalue weighted by Gasteiger charge is -2.34. The third-order valence-corrected chi connectivity index (χ3v) is 4.57. The molecule has 1 aromatic carbocycles. The van der Waals surface area contributed by atoms with Crippen LogP contribution in [0.25, 0.3) is 0 Å². The summed E-state index contributed by atoms with van der Waals surface area (Å²) < 4.78 is 5.89. The van der Waals surface area contributed by atoms with Crippen LogP contribution < -0.4 is 5.32 Å². The molecule has 1 N–H and O–H groups in total. The van der Waals surface area contributed by atoms with Crippen LogP contribution in [0.5, 0.6) is 0 Å². The van der Waals surface area contributed by atoms with Crippen LogP contribution in [0.1, 0.15) is 45.1 Å². The predicted molar refractivity (Wildman–Crippen MR) is 88.3 cm³/mol. The Bertz CT molecular complexity index is 593. The fourth-order valence-electron chi connectivity index (χ4n) is 3.20. The van der Waals surface area contributed by atoms with Crippen molar-refractivity contribution >= 4 is 11.4 Å². The molecule has 0 bridgehead atoms. The maximum Gasteiger partial charge on any atom is 0.293 e. The van der Waals surface area contributed by atoms with E-state index >= 15 is 0 Å². The SMILES string of the molecule is CCC(CC)C1CC(Nc2ccc(C#N)cc2[N+](=O)[O-])CCO1. The Morgan fingerprint density at radius 3 is 2.83 bits per heavy atom. The highest BCUT2D eigenvalue weighted by molar-refractivity contribution is 5.64. The lowest BCUT2D eigenvalue weighted by molar-refractivity contribution is -0.384. The van der Waals surface area contributed by atoms with Crippen molar-refractivity contribution in [1.29, 1.82) is 5.26 Å². The van der Waals surface area contributed by atoms with Gasteiger partial charge in [0.2, 0.25) is 0 Å². The van der Waals surface area contributed by atoms with Gasteiger partial charge in [0.05, 0.1) is 22.7 Å². The average Bonchev–Trinajstić information content (AvgIpc) is 2.56. The Labute approximate surface area is 136 Å². The zero-order chi connectivity index (χ0) is 16.8. The van der Waals surface area contributed by atoms with Gasteiger partial charge in [-0.1, -0.05) is 26.7 Å². The molecule has 2 atom stereocenters. The molecular weight excluding hydrogens is 294 g/mol. The second-order valence-electron chi connectivity index (χ2n) is 5.95. The van der Waals surface area contributed by atoms with E-state index in [-0.39, 0.29) is 17.8 Å². The highest BCUT2D eigenvalue weighted by Gasteiger charge is 2.28. The number of anilines is 1. The average molecular weight is 317 g/mol. The van der Waals surface area contributed by atoms with Crippen molar-refractivity contribution in [1.82, 2.24) is 0 Å². The fraction of sp³-hybridized carbons (Fsp3) is 0.588. The fourth-order valence-corrected chi connectivity index (χ4v) is 3.20. The lowest BCUT2D eigenvalue weighted by Crippen LogP contribution is -2.38. The molecule has 0 amide bonds. The Morgan fingerprint density at radius 2 is 2.22 bits per heavy atom. The van der Waals surface area contributed by atoms with Gasteiger partial charge in [0.15, 0.2) is 0 Å². The minimum atomic E-state index is -0.444. The van der Waals surface area contributed by atoms with E-state index in [0.717, 1.165) is 25.7 Å². The zero-order valence-electron chi connectivity index (χ0n) is 13.6. The number of nitro benzene ring substituents is 1. The van der Waals surface area contributed by atoms with Gasteiger partial charge in [-0.25, -0.2) is 0 Å². The van der Waals surface area contributed by atoms with Crippen LogP contribution in [-0.4, -0.2) is 23.7 Å². The monoisotopic (exact) mass is 317 g/mol. The molecule has 1 fully saturated rings. The van der Waals surface area contributed by atoms with Gasteiger partial charge in [-0.15, -0.1) is 0 Å². The number of rotatable bonds is 6. The summed E-state index contributed by atoms with van der Waals surface area (Å²) in [7, 11) is 0. The second kappa shape index (κ2) is 7.93. The summed E-state index contributed by atoms with van der Waals surface area (Å²) >= 11 is 0. The predicted octanol–water partition coefficient (Wildman–Crippen LogP) is 3.86. The number of hydrogen-bond acceptors (Lipinski definition) is 5. The molecule has 0 aliphatic carbocycles. The van der Waals surface area contributed by atoms with E-state index in [0.29, 0.717) is 23.8 Å². The second-order valence-corrected chi connectivity index (χ2v) is 5.95. The highest BCUT2D eigenvalue weighted by Crippen LogP contribution is 2.30. The molecule has 23 heavy (non-hydrogen) atoms. The molecule has 0 saturated carbocycles. The first kappa shape index (κ1) is 17.2. The highest BCUT2D eigenvalue weighted by atomic mass is 16.6. The van der Waals surface area contributed by atoms with Crippen LogP contribution in [0.3, 0.4) is 0 Å². The summed E-state index contributed by atoms with van der Waals surface area (Å²) in [5, 5.41) is 23.4. The quantitative estimate of drug-likeness (QED) is 0.635. The molecule has 0 aromatic heterocycles. The van der Waals surface area contributed by atoms with Crippen molar-refractivity contribution in [3.8, 4) is 6.07 Å². The van der Waals surface area contributed by atoms with Gasteiger partial charge in [0.1, 0.15) is 5.69 Å². The number of nitriles is 1. The number of nitro groups is 1. The van der Waals surface area contributed by atoms with Crippen molar-refractivity contribution < 1.29 is 9.66 Å². The van der Waals surface area contributed by atoms with Crippen LogP contribution in [0.2, 0.25) is 0 Å². The third-order valence-electron chi connectivity index (χ3n) is 4.57. The van der Waals surface area contributed by atoms with Crippen LogP contribution in [0.15, 0.2) is 18.2 Å². The van der Waals surface area contributed by atoms with Gasteiger partial charge in [0, 0.05) is 18.7 Å². The molecule has 6 nitrogen and oxygen atoms in total. The van der Waals surface area contributed by atoms with E-state index < -0.39 is 4.92 Å². The Kier molecular flexibility index (Phi) is 5.94. The first-order chi connectivity index (χ1) is 11.1. The Hall–Kier alpha value is -2.13. The van der Waals surface area contributed by atoms with E-state index in [1.165, 1.54) is 6.07 Å². The summed E-state index contributed by atoms with van der Waals surface area (Å²) in [5.74, 6) is 0.524. The van der Waals surface area contributed by atoms with Crippen LogP contribution >= 0.6 is 0 Å². The van der Waals surface area contributed by atoms with E-state index in [1.807, 2.05) is 6.07 Å². The molecule has 1 aromatic rings. The topological polar surface area (TPSA) is 88.2 Å². The standard InChI is InChI=1S/C17H23N3O3/c1-3-13(4-2)17-10-14(7-8-23-17)19-15-6-5-12(11-18)9-16(15)20(21)22/h5-6,9,13-14,17,19H,3-4,7-8,10H2,1-2H3. The first-order valence-corrected chi connectivity index (χ1v) is 8.15. The number of benzene rings is 1. The minimum absolute atomic E-state index is 0.0466. The number of nitrogens with zero attached hydrogens (tertiary/aromatic N) is 2. The number of nitrogens with one attached hydrogen (secondary N) is 1. The first-order valence-electron chi connectivity index (χ1n) is 8.15. The van der Waals surface area contributed by atoms with Gasteiger partial charge in [-0.2, -0.15) is 5.26 Å². The molecule has 6 heteroatoms. The molecule has 124 valence electrons. The van der Waals surface area contributed by atoms with Gasteiger partial charge >= 0.3 is 0 Å². The Balaban J connectivity index is 2.12. The normalized spacial score (nSPS) is 21.0. The summed E-state index contributed by atoms with van der Waals surface area (Å²) in [6.07, 6.45) is 4.03. The number of hydrogen-bond donors (Lipinski definition) is 1. The van der Waals surface area contributed by atoms with Crippen LogP contribution in [0.4, 0.5) is 11.4 Å². The maximum absolute atomic E-state index is 11.2. The molecule has 2 rings (SSSR count). The van der Waals surface area contributed by atoms with E-state index in [2.05, 4.69) is 19.2 Å². The molecule has 1 aliphatic heterocycles. The third kappa shape index (κ3) is 4.20. The van der Waals surface area contributed by atoms with Crippen molar-refractivity contribution in [2.24, 2.45) is 5.92 Å². The van der Waals surface area contributed by atoms with Crippen molar-refractivity contribution in [2.45, 2.75) is 51.7 Å². The van der Waals surface area contributed by atoms with E-state index in [4.69, 9.17) is 10.00 Å². The number of ether oxygens (including phenoxy) is 1. The molecule has 0 radical (unpaired) electrons. The summed E-state index contributed by atoms with van der Waals surface area (Å²) in [6, 6.07) is 6.64. The van der Waals surface area contributed by atoms with Gasteiger partial charge in [-0.3, -0.25) is 10.1 Å². The Morgan fingerprint density at radius 1 is 1.48 bits per heavy atom.